The summed E-state index contributed by atoms with van der Waals surface area (Å²) in [5.41, 5.74) is -2.29. The summed E-state index contributed by atoms with van der Waals surface area (Å²) in [5.74, 6) is -2.52. The molecule has 0 fully saturated rings. The SMILES string of the molecule is O=C(Nc1ccc(C(F)(F)F)cc1)C(=O)Nc1cccc(C(F)(F)F)c1. The van der Waals surface area contributed by atoms with E-state index in [1.54, 1.807) is 0 Å². The molecule has 2 amide bonds. The van der Waals surface area contributed by atoms with Gasteiger partial charge in [-0.2, -0.15) is 26.3 Å². The maximum atomic E-state index is 12.6. The molecule has 0 bridgehead atoms. The molecule has 0 unspecified atom stereocenters. The zero-order valence-corrected chi connectivity index (χ0v) is 12.7. The van der Waals surface area contributed by atoms with Crippen LogP contribution in [0.5, 0.6) is 0 Å². The maximum Gasteiger partial charge on any atom is 0.416 e. The molecule has 10 heteroatoms. The van der Waals surface area contributed by atoms with Gasteiger partial charge in [-0.1, -0.05) is 6.07 Å². The summed E-state index contributed by atoms with van der Waals surface area (Å²) < 4.78 is 75.1. The molecule has 0 heterocycles. The predicted octanol–water partition coefficient (Wildman–Crippen LogP) is 4.30. The number of amides is 2. The van der Waals surface area contributed by atoms with E-state index in [2.05, 4.69) is 0 Å². The van der Waals surface area contributed by atoms with E-state index in [9.17, 15) is 35.9 Å². The average Bonchev–Trinajstić information content (AvgIpc) is 2.54. The van der Waals surface area contributed by atoms with Gasteiger partial charge in [0.2, 0.25) is 0 Å². The molecule has 0 aliphatic heterocycles. The third-order valence-corrected chi connectivity index (χ3v) is 3.12. The summed E-state index contributed by atoms with van der Waals surface area (Å²) in [7, 11) is 0. The van der Waals surface area contributed by atoms with Gasteiger partial charge in [0.25, 0.3) is 0 Å². The fraction of sp³-hybridized carbons (Fsp3) is 0.125. The van der Waals surface area contributed by atoms with Crippen LogP contribution in [0.3, 0.4) is 0 Å². The Bertz CT molecular complexity index is 813. The lowest BCUT2D eigenvalue weighted by atomic mass is 10.2. The highest BCUT2D eigenvalue weighted by Crippen LogP contribution is 2.31. The van der Waals surface area contributed by atoms with Crippen LogP contribution in [-0.2, 0) is 21.9 Å². The molecule has 0 saturated carbocycles. The molecule has 0 radical (unpaired) electrons. The summed E-state index contributed by atoms with van der Waals surface area (Å²) in [6.07, 6.45) is -9.17. The molecule has 0 saturated heterocycles. The second-order valence-electron chi connectivity index (χ2n) is 5.06. The van der Waals surface area contributed by atoms with Crippen molar-refractivity contribution in [1.82, 2.24) is 0 Å². The summed E-state index contributed by atoms with van der Waals surface area (Å²) in [4.78, 5) is 23.4. The highest BCUT2D eigenvalue weighted by atomic mass is 19.4. The lowest BCUT2D eigenvalue weighted by Crippen LogP contribution is -2.29. The van der Waals surface area contributed by atoms with Crippen molar-refractivity contribution in [2.45, 2.75) is 12.4 Å². The van der Waals surface area contributed by atoms with Crippen molar-refractivity contribution in [1.29, 1.82) is 0 Å². The third kappa shape index (κ3) is 4.98. The summed E-state index contributed by atoms with van der Waals surface area (Å²) in [6, 6.07) is 6.93. The van der Waals surface area contributed by atoms with Gasteiger partial charge in [0.1, 0.15) is 0 Å². The molecule has 0 aromatic heterocycles. The van der Waals surface area contributed by atoms with Crippen molar-refractivity contribution >= 4 is 23.2 Å². The Morgan fingerprint density at radius 3 is 1.65 bits per heavy atom. The lowest BCUT2D eigenvalue weighted by molar-refractivity contribution is -0.138. The standard InChI is InChI=1S/C16H10F6N2O2/c17-15(18,19)9-4-6-11(7-5-9)23-13(25)14(26)24-12-3-1-2-10(8-12)16(20,21)22/h1-8H,(H,23,25)(H,24,26). The summed E-state index contributed by atoms with van der Waals surface area (Å²) in [6.45, 7) is 0. The number of hydrogen-bond donors (Lipinski definition) is 2. The Balaban J connectivity index is 2.03. The quantitative estimate of drug-likeness (QED) is 0.607. The number of hydrogen-bond acceptors (Lipinski definition) is 2. The number of anilines is 2. The van der Waals surface area contributed by atoms with Crippen LogP contribution in [0.2, 0.25) is 0 Å². The van der Waals surface area contributed by atoms with Crippen molar-refractivity contribution in [2.75, 3.05) is 10.6 Å². The Morgan fingerprint density at radius 2 is 1.15 bits per heavy atom. The molecule has 0 aliphatic carbocycles. The average molecular weight is 376 g/mol. The van der Waals surface area contributed by atoms with Crippen LogP contribution in [0.15, 0.2) is 48.5 Å². The highest BCUT2D eigenvalue weighted by molar-refractivity contribution is 6.43. The van der Waals surface area contributed by atoms with Crippen LogP contribution in [-0.4, -0.2) is 11.8 Å². The zero-order chi connectivity index (χ0) is 19.5. The van der Waals surface area contributed by atoms with Crippen molar-refractivity contribution in [3.63, 3.8) is 0 Å². The van der Waals surface area contributed by atoms with E-state index in [4.69, 9.17) is 0 Å². The largest absolute Gasteiger partial charge is 0.416 e. The topological polar surface area (TPSA) is 58.2 Å². The van der Waals surface area contributed by atoms with E-state index in [0.29, 0.717) is 18.2 Å². The fourth-order valence-electron chi connectivity index (χ4n) is 1.89. The molecule has 26 heavy (non-hydrogen) atoms. The fourth-order valence-corrected chi connectivity index (χ4v) is 1.89. The Kier molecular flexibility index (Phi) is 5.24. The van der Waals surface area contributed by atoms with Crippen molar-refractivity contribution < 1.29 is 35.9 Å². The smallest absolute Gasteiger partial charge is 0.318 e. The van der Waals surface area contributed by atoms with E-state index < -0.39 is 35.3 Å². The minimum Gasteiger partial charge on any atom is -0.318 e. The Labute approximate surface area is 142 Å². The first-order valence-electron chi connectivity index (χ1n) is 6.93. The third-order valence-electron chi connectivity index (χ3n) is 3.12. The second-order valence-corrected chi connectivity index (χ2v) is 5.06. The van der Waals surface area contributed by atoms with Crippen LogP contribution >= 0.6 is 0 Å². The minimum absolute atomic E-state index is 0.0813. The molecule has 2 N–H and O–H groups in total. The molecule has 4 nitrogen and oxygen atoms in total. The number of carbonyl (C=O) groups excluding carboxylic acids is 2. The van der Waals surface area contributed by atoms with Gasteiger partial charge in [0.05, 0.1) is 11.1 Å². The van der Waals surface area contributed by atoms with E-state index in [1.807, 2.05) is 10.6 Å². The molecule has 138 valence electrons. The molecular formula is C16H10F6N2O2. The van der Waals surface area contributed by atoms with Gasteiger partial charge in [-0.25, -0.2) is 0 Å². The van der Waals surface area contributed by atoms with Crippen molar-refractivity contribution in [3.05, 3.63) is 59.7 Å². The van der Waals surface area contributed by atoms with E-state index >= 15 is 0 Å². The Hall–Kier alpha value is -3.04. The Morgan fingerprint density at radius 1 is 0.654 bits per heavy atom. The molecule has 2 rings (SSSR count). The molecule has 2 aromatic carbocycles. The van der Waals surface area contributed by atoms with Gasteiger partial charge in [-0.05, 0) is 42.5 Å². The van der Waals surface area contributed by atoms with Crippen LogP contribution in [0.1, 0.15) is 11.1 Å². The lowest BCUT2D eigenvalue weighted by Gasteiger charge is -2.10. The number of rotatable bonds is 2. The van der Waals surface area contributed by atoms with Gasteiger partial charge < -0.3 is 10.6 Å². The van der Waals surface area contributed by atoms with E-state index in [0.717, 1.165) is 30.3 Å². The van der Waals surface area contributed by atoms with Gasteiger partial charge in [0.15, 0.2) is 0 Å². The van der Waals surface area contributed by atoms with Gasteiger partial charge >= 0.3 is 24.2 Å². The second kappa shape index (κ2) is 7.06. The number of benzene rings is 2. The molecule has 0 atom stereocenters. The molecule has 2 aromatic rings. The minimum atomic E-state index is -4.62. The van der Waals surface area contributed by atoms with Crippen LogP contribution in [0.25, 0.3) is 0 Å². The predicted molar refractivity (Wildman–Crippen MR) is 80.1 cm³/mol. The van der Waals surface area contributed by atoms with Gasteiger partial charge in [0, 0.05) is 11.4 Å². The number of nitrogens with one attached hydrogen (secondary N) is 2. The maximum absolute atomic E-state index is 12.6. The first kappa shape index (κ1) is 19.3. The van der Waals surface area contributed by atoms with Crippen LogP contribution in [0.4, 0.5) is 37.7 Å². The van der Waals surface area contributed by atoms with Gasteiger partial charge in [-0.15, -0.1) is 0 Å². The zero-order valence-electron chi connectivity index (χ0n) is 12.7. The van der Waals surface area contributed by atoms with Crippen molar-refractivity contribution in [2.24, 2.45) is 0 Å². The molecule has 0 aliphatic rings. The molecule has 0 spiro atoms. The van der Waals surface area contributed by atoms with Crippen LogP contribution < -0.4 is 10.6 Å². The molecular weight excluding hydrogens is 366 g/mol. The first-order valence-corrected chi connectivity index (χ1v) is 6.93. The first-order chi connectivity index (χ1) is 12.0. The summed E-state index contributed by atoms with van der Waals surface area (Å²) in [5, 5.41) is 4.02. The summed E-state index contributed by atoms with van der Waals surface area (Å²) >= 11 is 0. The van der Waals surface area contributed by atoms with Crippen molar-refractivity contribution in [3.8, 4) is 0 Å². The highest BCUT2D eigenvalue weighted by Gasteiger charge is 2.31. The van der Waals surface area contributed by atoms with E-state index in [1.165, 1.54) is 0 Å². The van der Waals surface area contributed by atoms with Gasteiger partial charge in [-0.3, -0.25) is 9.59 Å². The number of alkyl halides is 6. The van der Waals surface area contributed by atoms with Crippen LogP contribution in [0, 0.1) is 0 Å². The monoisotopic (exact) mass is 376 g/mol. The van der Waals surface area contributed by atoms with E-state index in [-0.39, 0.29) is 11.4 Å². The number of halogens is 6. The normalized spacial score (nSPS) is 11.8. The number of carbonyl (C=O) groups is 2.